The quantitative estimate of drug-likeness (QED) is 0.807. The van der Waals surface area contributed by atoms with Gasteiger partial charge < -0.3 is 10.3 Å². The van der Waals surface area contributed by atoms with Gasteiger partial charge in [0.05, 0.1) is 6.67 Å². The second-order valence-corrected chi connectivity index (χ2v) is 3.90. The van der Waals surface area contributed by atoms with Gasteiger partial charge >= 0.3 is 0 Å². The van der Waals surface area contributed by atoms with Crippen LogP contribution in [0.5, 0.6) is 0 Å². The molecule has 0 bridgehead atoms. The molecule has 1 aromatic carbocycles. The molecule has 1 heterocycles. The average Bonchev–Trinajstić information content (AvgIpc) is 2.38. The van der Waals surface area contributed by atoms with E-state index in [1.165, 1.54) is 0 Å². The third-order valence-corrected chi connectivity index (χ3v) is 2.59. The number of aromatic amines is 1. The van der Waals surface area contributed by atoms with Gasteiger partial charge in [0.1, 0.15) is 5.56 Å². The van der Waals surface area contributed by atoms with E-state index in [0.717, 1.165) is 5.39 Å². The van der Waals surface area contributed by atoms with E-state index in [2.05, 4.69) is 10.3 Å². The van der Waals surface area contributed by atoms with Crippen molar-refractivity contribution in [3.63, 3.8) is 0 Å². The molecule has 0 unspecified atom stereocenters. The summed E-state index contributed by atoms with van der Waals surface area (Å²) in [6.45, 7) is -0.268. The van der Waals surface area contributed by atoms with Gasteiger partial charge in [0, 0.05) is 12.1 Å². The molecule has 2 N–H and O–H groups in total. The molecule has 5 heteroatoms. The van der Waals surface area contributed by atoms with Gasteiger partial charge in [0.25, 0.3) is 11.5 Å². The van der Waals surface area contributed by atoms with Gasteiger partial charge in [-0.3, -0.25) is 14.0 Å². The number of aromatic nitrogens is 1. The van der Waals surface area contributed by atoms with Gasteiger partial charge in [-0.05, 0) is 23.9 Å². The van der Waals surface area contributed by atoms with Crippen molar-refractivity contribution in [2.45, 2.75) is 6.42 Å². The van der Waals surface area contributed by atoms with Crippen LogP contribution in [0.4, 0.5) is 4.39 Å². The van der Waals surface area contributed by atoms with Crippen LogP contribution in [0.15, 0.2) is 35.1 Å². The Labute approximate surface area is 103 Å². The van der Waals surface area contributed by atoms with Crippen LogP contribution in [0.1, 0.15) is 16.8 Å². The molecule has 94 valence electrons. The Morgan fingerprint density at radius 2 is 2.11 bits per heavy atom. The number of hydrogen-bond acceptors (Lipinski definition) is 2. The number of pyridine rings is 1. The minimum absolute atomic E-state index is 0.0487. The van der Waals surface area contributed by atoms with Crippen molar-refractivity contribution in [1.29, 1.82) is 0 Å². The number of benzene rings is 1. The second kappa shape index (κ2) is 5.44. The van der Waals surface area contributed by atoms with Crippen LogP contribution in [0.2, 0.25) is 0 Å². The first-order chi connectivity index (χ1) is 8.72. The van der Waals surface area contributed by atoms with Crippen molar-refractivity contribution in [3.05, 3.63) is 46.2 Å². The molecule has 0 fully saturated rings. The highest BCUT2D eigenvalue weighted by atomic mass is 19.1. The van der Waals surface area contributed by atoms with Gasteiger partial charge in [-0.1, -0.05) is 18.2 Å². The van der Waals surface area contributed by atoms with E-state index in [-0.39, 0.29) is 18.5 Å². The van der Waals surface area contributed by atoms with Crippen molar-refractivity contribution in [2.24, 2.45) is 0 Å². The minimum atomic E-state index is -0.492. The van der Waals surface area contributed by atoms with Crippen LogP contribution in [-0.2, 0) is 0 Å². The predicted octanol–water partition coefficient (Wildman–Crippen LogP) is 1.62. The highest BCUT2D eigenvalue weighted by Crippen LogP contribution is 2.09. The topological polar surface area (TPSA) is 62.0 Å². The molecular weight excluding hydrogens is 235 g/mol. The SMILES string of the molecule is O=C(NCCCF)c1cc2ccccc2[nH]c1=O. The largest absolute Gasteiger partial charge is 0.352 e. The summed E-state index contributed by atoms with van der Waals surface area (Å²) in [5, 5.41) is 3.29. The predicted molar refractivity (Wildman–Crippen MR) is 67.5 cm³/mol. The number of halogens is 1. The summed E-state index contributed by atoms with van der Waals surface area (Å²) in [4.78, 5) is 26.1. The van der Waals surface area contributed by atoms with Gasteiger partial charge in [0.2, 0.25) is 0 Å². The number of alkyl halides is 1. The number of carbonyl (C=O) groups excluding carboxylic acids is 1. The molecule has 0 spiro atoms. The Hall–Kier alpha value is -2.17. The summed E-state index contributed by atoms with van der Waals surface area (Å²) in [5.41, 5.74) is 0.293. The second-order valence-electron chi connectivity index (χ2n) is 3.90. The number of rotatable bonds is 4. The highest BCUT2D eigenvalue weighted by molar-refractivity contribution is 5.97. The molecule has 0 aliphatic heterocycles. The fraction of sp³-hybridized carbons (Fsp3) is 0.231. The lowest BCUT2D eigenvalue weighted by Gasteiger charge is -2.04. The van der Waals surface area contributed by atoms with Crippen LogP contribution in [0.25, 0.3) is 10.9 Å². The van der Waals surface area contributed by atoms with Gasteiger partial charge in [-0.25, -0.2) is 0 Å². The van der Waals surface area contributed by atoms with Crippen molar-refractivity contribution < 1.29 is 9.18 Å². The van der Waals surface area contributed by atoms with E-state index in [4.69, 9.17) is 0 Å². The number of amides is 1. The molecule has 0 aliphatic carbocycles. The summed E-state index contributed by atoms with van der Waals surface area (Å²) in [6, 6.07) is 8.74. The van der Waals surface area contributed by atoms with Crippen LogP contribution in [0, 0.1) is 0 Å². The molecule has 0 atom stereocenters. The lowest BCUT2D eigenvalue weighted by atomic mass is 10.1. The Balaban J connectivity index is 2.30. The zero-order valence-corrected chi connectivity index (χ0v) is 9.70. The molecule has 0 saturated heterocycles. The first-order valence-electron chi connectivity index (χ1n) is 5.68. The maximum absolute atomic E-state index is 11.9. The molecule has 0 aliphatic rings. The van der Waals surface area contributed by atoms with Crippen molar-refractivity contribution in [2.75, 3.05) is 13.2 Å². The molecule has 18 heavy (non-hydrogen) atoms. The maximum Gasteiger partial charge on any atom is 0.261 e. The molecule has 2 aromatic rings. The zero-order valence-electron chi connectivity index (χ0n) is 9.70. The van der Waals surface area contributed by atoms with Crippen LogP contribution >= 0.6 is 0 Å². The van der Waals surface area contributed by atoms with E-state index >= 15 is 0 Å². The summed E-state index contributed by atoms with van der Waals surface area (Å²) < 4.78 is 11.9. The summed E-state index contributed by atoms with van der Waals surface area (Å²) in [5.74, 6) is -0.476. The number of hydrogen-bond donors (Lipinski definition) is 2. The van der Waals surface area contributed by atoms with Crippen molar-refractivity contribution >= 4 is 16.8 Å². The normalized spacial score (nSPS) is 10.5. The van der Waals surface area contributed by atoms with Gasteiger partial charge in [0.15, 0.2) is 0 Å². The lowest BCUT2D eigenvalue weighted by Crippen LogP contribution is -2.30. The standard InChI is InChI=1S/C13H13FN2O2/c14-6-3-7-15-12(17)10-8-9-4-1-2-5-11(9)16-13(10)18/h1-2,4-5,8H,3,6-7H2,(H,15,17)(H,16,18). The van der Waals surface area contributed by atoms with Crippen LogP contribution in [0.3, 0.4) is 0 Å². The third-order valence-electron chi connectivity index (χ3n) is 2.59. The van der Waals surface area contributed by atoms with Crippen LogP contribution < -0.4 is 10.9 Å². The molecule has 1 aromatic heterocycles. The lowest BCUT2D eigenvalue weighted by molar-refractivity contribution is 0.0951. The van der Waals surface area contributed by atoms with E-state index in [0.29, 0.717) is 5.52 Å². The van der Waals surface area contributed by atoms with Crippen molar-refractivity contribution in [3.8, 4) is 0 Å². The monoisotopic (exact) mass is 248 g/mol. The van der Waals surface area contributed by atoms with Crippen molar-refractivity contribution in [1.82, 2.24) is 10.3 Å². The van der Waals surface area contributed by atoms with E-state index in [1.807, 2.05) is 12.1 Å². The Morgan fingerprint density at radius 3 is 2.89 bits per heavy atom. The maximum atomic E-state index is 11.9. The Kier molecular flexibility index (Phi) is 3.72. The Bertz CT molecular complexity index is 622. The summed E-state index contributed by atoms with van der Waals surface area (Å²) >= 11 is 0. The molecule has 1 amide bonds. The minimum Gasteiger partial charge on any atom is -0.352 e. The van der Waals surface area contributed by atoms with Gasteiger partial charge in [-0.15, -0.1) is 0 Å². The fourth-order valence-electron chi connectivity index (χ4n) is 1.68. The first-order valence-corrected chi connectivity index (χ1v) is 5.68. The van der Waals surface area contributed by atoms with Gasteiger partial charge in [-0.2, -0.15) is 0 Å². The molecule has 2 rings (SSSR count). The Morgan fingerprint density at radius 1 is 1.33 bits per heavy atom. The number of carbonyl (C=O) groups is 1. The smallest absolute Gasteiger partial charge is 0.261 e. The zero-order chi connectivity index (χ0) is 13.0. The number of H-pyrrole nitrogens is 1. The van der Waals surface area contributed by atoms with E-state index < -0.39 is 18.1 Å². The first kappa shape index (κ1) is 12.3. The average molecular weight is 248 g/mol. The van der Waals surface area contributed by atoms with Crippen LogP contribution in [-0.4, -0.2) is 24.1 Å². The highest BCUT2D eigenvalue weighted by Gasteiger charge is 2.10. The third kappa shape index (κ3) is 2.56. The molecule has 0 radical (unpaired) electrons. The molecule has 0 saturated carbocycles. The number of nitrogens with one attached hydrogen (secondary N) is 2. The molecular formula is C13H13FN2O2. The summed E-state index contributed by atoms with van der Waals surface area (Å²) in [7, 11) is 0. The molecule has 4 nitrogen and oxygen atoms in total. The van der Waals surface area contributed by atoms with E-state index in [9.17, 15) is 14.0 Å². The summed E-state index contributed by atoms with van der Waals surface area (Å²) in [6.07, 6.45) is 0.247. The van der Waals surface area contributed by atoms with E-state index in [1.54, 1.807) is 18.2 Å². The number of para-hydroxylation sites is 1. The fourth-order valence-corrected chi connectivity index (χ4v) is 1.68. The number of fused-ring (bicyclic) bond motifs is 1.